The molecule has 158 valence electrons. The van der Waals surface area contributed by atoms with Crippen molar-refractivity contribution in [3.8, 4) is 11.5 Å². The van der Waals surface area contributed by atoms with E-state index in [0.29, 0.717) is 24.1 Å². The van der Waals surface area contributed by atoms with Crippen LogP contribution in [-0.4, -0.2) is 60.9 Å². The highest BCUT2D eigenvalue weighted by Gasteiger charge is 2.17. The summed E-state index contributed by atoms with van der Waals surface area (Å²) in [7, 11) is 3.65. The summed E-state index contributed by atoms with van der Waals surface area (Å²) in [6.45, 7) is 7.93. The zero-order valence-electron chi connectivity index (χ0n) is 18.1. The molecule has 0 radical (unpaired) electrons. The van der Waals surface area contributed by atoms with Crippen LogP contribution >= 0.6 is 0 Å². The number of nitrogens with zero attached hydrogens (tertiary/aromatic N) is 2. The van der Waals surface area contributed by atoms with E-state index in [4.69, 9.17) is 9.47 Å². The third-order valence-corrected chi connectivity index (χ3v) is 5.66. The molecule has 0 aromatic heterocycles. The molecule has 0 amide bonds. The van der Waals surface area contributed by atoms with Gasteiger partial charge in [-0.05, 0) is 56.1 Å². The minimum absolute atomic E-state index is 0.244. The number of fused-ring (bicyclic) bond motifs is 1. The van der Waals surface area contributed by atoms with E-state index in [0.717, 1.165) is 26.1 Å². The molecule has 2 aromatic rings. The van der Waals surface area contributed by atoms with Crippen LogP contribution in [0.4, 0.5) is 0 Å². The highest BCUT2D eigenvalue weighted by Crippen LogP contribution is 2.29. The zero-order chi connectivity index (χ0) is 20.8. The summed E-state index contributed by atoms with van der Waals surface area (Å²) in [4.78, 5) is 4.57. The Morgan fingerprint density at radius 3 is 2.59 bits per heavy atom. The van der Waals surface area contributed by atoms with E-state index in [-0.39, 0.29) is 6.61 Å². The third-order valence-electron chi connectivity index (χ3n) is 5.66. The molecule has 1 atom stereocenters. The van der Waals surface area contributed by atoms with Gasteiger partial charge < -0.3 is 19.5 Å². The molecule has 1 heterocycles. The van der Waals surface area contributed by atoms with Crippen molar-refractivity contribution < 1.29 is 14.6 Å². The van der Waals surface area contributed by atoms with E-state index in [9.17, 15) is 5.11 Å². The van der Waals surface area contributed by atoms with Gasteiger partial charge >= 0.3 is 0 Å². The highest BCUT2D eigenvalue weighted by molar-refractivity contribution is 5.43. The second-order valence-electron chi connectivity index (χ2n) is 8.21. The molecule has 1 aliphatic heterocycles. The SMILES string of the molecule is COc1ccc(CN2CCc3ccccc3C2)cc1OC[C@@H](O)CN(C)C(C)C. The summed E-state index contributed by atoms with van der Waals surface area (Å²) in [5.74, 6) is 1.39. The van der Waals surface area contributed by atoms with Crippen molar-refractivity contribution in [1.29, 1.82) is 0 Å². The van der Waals surface area contributed by atoms with Gasteiger partial charge in [-0.2, -0.15) is 0 Å². The molecule has 0 saturated carbocycles. The molecular formula is C24H34N2O3. The Morgan fingerprint density at radius 1 is 1.10 bits per heavy atom. The van der Waals surface area contributed by atoms with E-state index in [2.05, 4.69) is 54.0 Å². The van der Waals surface area contributed by atoms with E-state index in [1.807, 2.05) is 19.2 Å². The lowest BCUT2D eigenvalue weighted by Crippen LogP contribution is -2.37. The van der Waals surface area contributed by atoms with Gasteiger partial charge in [-0.3, -0.25) is 4.90 Å². The lowest BCUT2D eigenvalue weighted by Gasteiger charge is -2.29. The highest BCUT2D eigenvalue weighted by atomic mass is 16.5. The topological polar surface area (TPSA) is 45.2 Å². The van der Waals surface area contributed by atoms with Crippen molar-refractivity contribution in [1.82, 2.24) is 9.80 Å². The molecule has 0 aliphatic carbocycles. The molecule has 5 nitrogen and oxygen atoms in total. The molecule has 5 heteroatoms. The maximum Gasteiger partial charge on any atom is 0.161 e. The maximum absolute atomic E-state index is 10.3. The standard InChI is InChI=1S/C24H34N2O3/c1-18(2)25(3)16-22(27)17-29-24-13-19(9-10-23(24)28-4)14-26-12-11-20-7-5-6-8-21(20)15-26/h5-10,13,18,22,27H,11-12,14-17H2,1-4H3/t22-/m0/s1. The van der Waals surface area contributed by atoms with E-state index >= 15 is 0 Å². The minimum atomic E-state index is -0.547. The van der Waals surface area contributed by atoms with Crippen molar-refractivity contribution in [3.63, 3.8) is 0 Å². The van der Waals surface area contributed by atoms with Crippen LogP contribution in [0.25, 0.3) is 0 Å². The van der Waals surface area contributed by atoms with E-state index in [1.165, 1.54) is 16.7 Å². The van der Waals surface area contributed by atoms with Gasteiger partial charge in [-0.25, -0.2) is 0 Å². The van der Waals surface area contributed by atoms with Crippen LogP contribution in [0.2, 0.25) is 0 Å². The number of rotatable bonds is 9. The number of benzene rings is 2. The van der Waals surface area contributed by atoms with Crippen LogP contribution in [0.15, 0.2) is 42.5 Å². The summed E-state index contributed by atoms with van der Waals surface area (Å²) >= 11 is 0. The fraction of sp³-hybridized carbons (Fsp3) is 0.500. The number of hydrogen-bond donors (Lipinski definition) is 1. The summed E-state index contributed by atoms with van der Waals surface area (Å²) in [5.41, 5.74) is 4.07. The minimum Gasteiger partial charge on any atom is -0.493 e. The van der Waals surface area contributed by atoms with Crippen LogP contribution in [0, 0.1) is 0 Å². The smallest absolute Gasteiger partial charge is 0.161 e. The summed E-state index contributed by atoms with van der Waals surface area (Å²) in [6, 6.07) is 15.2. The van der Waals surface area contributed by atoms with Gasteiger partial charge in [0.25, 0.3) is 0 Å². The number of ether oxygens (including phenoxy) is 2. The first-order chi connectivity index (χ1) is 14.0. The molecule has 3 rings (SSSR count). The average molecular weight is 399 g/mol. The second-order valence-corrected chi connectivity index (χ2v) is 8.21. The molecule has 1 N–H and O–H groups in total. The summed E-state index contributed by atoms with van der Waals surface area (Å²) in [6.07, 6.45) is 0.542. The first-order valence-corrected chi connectivity index (χ1v) is 10.4. The number of likely N-dealkylation sites (N-methyl/N-ethyl adjacent to an activating group) is 1. The van der Waals surface area contributed by atoms with Crippen LogP contribution in [0.1, 0.15) is 30.5 Å². The largest absolute Gasteiger partial charge is 0.493 e. The van der Waals surface area contributed by atoms with E-state index in [1.54, 1.807) is 7.11 Å². The second kappa shape index (κ2) is 10.1. The van der Waals surface area contributed by atoms with Crippen molar-refractivity contribution in [3.05, 3.63) is 59.2 Å². The normalized spacial score (nSPS) is 15.4. The number of hydrogen-bond acceptors (Lipinski definition) is 5. The van der Waals surface area contributed by atoms with Gasteiger partial charge in [-0.1, -0.05) is 30.3 Å². The lowest BCUT2D eigenvalue weighted by molar-refractivity contribution is 0.0668. The molecular weight excluding hydrogens is 364 g/mol. The van der Waals surface area contributed by atoms with Crippen molar-refractivity contribution >= 4 is 0 Å². The average Bonchev–Trinajstić information content (AvgIpc) is 2.72. The monoisotopic (exact) mass is 398 g/mol. The van der Waals surface area contributed by atoms with Crippen LogP contribution < -0.4 is 9.47 Å². The van der Waals surface area contributed by atoms with Crippen molar-refractivity contribution in [2.75, 3.05) is 33.9 Å². The van der Waals surface area contributed by atoms with Crippen LogP contribution in [-0.2, 0) is 19.5 Å². The summed E-state index contributed by atoms with van der Waals surface area (Å²) < 4.78 is 11.4. The van der Waals surface area contributed by atoms with Crippen LogP contribution in [0.5, 0.6) is 11.5 Å². The van der Waals surface area contributed by atoms with Gasteiger partial charge in [0, 0.05) is 32.2 Å². The Labute approximate surface area is 174 Å². The maximum atomic E-state index is 10.3. The predicted molar refractivity (Wildman–Crippen MR) is 117 cm³/mol. The number of methoxy groups -OCH3 is 1. The predicted octanol–water partition coefficient (Wildman–Crippen LogP) is 3.33. The molecule has 0 fully saturated rings. The van der Waals surface area contributed by atoms with Crippen molar-refractivity contribution in [2.24, 2.45) is 0 Å². The van der Waals surface area contributed by atoms with Gasteiger partial charge in [0.15, 0.2) is 11.5 Å². The Bertz CT molecular complexity index is 793. The van der Waals surface area contributed by atoms with Crippen molar-refractivity contribution in [2.45, 2.75) is 45.5 Å². The number of aliphatic hydroxyl groups excluding tert-OH is 1. The molecule has 2 aromatic carbocycles. The quantitative estimate of drug-likeness (QED) is 0.702. The third kappa shape index (κ3) is 5.95. The van der Waals surface area contributed by atoms with E-state index < -0.39 is 6.10 Å². The van der Waals surface area contributed by atoms with Gasteiger partial charge in [-0.15, -0.1) is 0 Å². The molecule has 0 spiro atoms. The fourth-order valence-corrected chi connectivity index (χ4v) is 3.66. The molecule has 29 heavy (non-hydrogen) atoms. The van der Waals surface area contributed by atoms with Gasteiger partial charge in [0.2, 0.25) is 0 Å². The molecule has 0 unspecified atom stereocenters. The molecule has 0 bridgehead atoms. The van der Waals surface area contributed by atoms with Gasteiger partial charge in [0.1, 0.15) is 12.7 Å². The fourth-order valence-electron chi connectivity index (χ4n) is 3.66. The molecule has 0 saturated heterocycles. The zero-order valence-corrected chi connectivity index (χ0v) is 18.1. The Morgan fingerprint density at radius 2 is 1.86 bits per heavy atom. The first kappa shape index (κ1) is 21.6. The number of aliphatic hydroxyl groups is 1. The summed E-state index contributed by atoms with van der Waals surface area (Å²) in [5, 5.41) is 10.3. The Balaban J connectivity index is 1.61. The van der Waals surface area contributed by atoms with Gasteiger partial charge in [0.05, 0.1) is 7.11 Å². The molecule has 1 aliphatic rings. The lowest BCUT2D eigenvalue weighted by atomic mass is 9.99. The Hall–Kier alpha value is -2.08. The van der Waals surface area contributed by atoms with Crippen LogP contribution in [0.3, 0.4) is 0 Å². The first-order valence-electron chi connectivity index (χ1n) is 10.4. The Kier molecular flexibility index (Phi) is 7.53.